The number of hydrogen-bond donors (Lipinski definition) is 2. The molecular formula is C10H10BrNO3S. The highest BCUT2D eigenvalue weighted by Crippen LogP contribution is 2.24. The Morgan fingerprint density at radius 2 is 2.25 bits per heavy atom. The monoisotopic (exact) mass is 303 g/mol. The Hall–Kier alpha value is -1.14. The molecule has 0 saturated heterocycles. The Bertz CT molecular complexity index is 436. The minimum atomic E-state index is -1.04. The number of thiocarbonyl (C=S) groups is 1. The Morgan fingerprint density at radius 1 is 1.62 bits per heavy atom. The molecule has 0 amide bonds. The summed E-state index contributed by atoms with van der Waals surface area (Å²) in [6.07, 6.45) is -0.950. The Balaban J connectivity index is 3.04. The van der Waals surface area contributed by atoms with Gasteiger partial charge in [0, 0.05) is 4.47 Å². The molecule has 1 unspecified atom stereocenters. The van der Waals surface area contributed by atoms with E-state index in [1.165, 1.54) is 6.92 Å². The number of halogens is 1. The molecule has 0 aliphatic rings. The van der Waals surface area contributed by atoms with Crippen molar-refractivity contribution in [3.8, 4) is 5.75 Å². The fourth-order valence-electron chi connectivity index (χ4n) is 1.04. The first-order valence-electron chi connectivity index (χ1n) is 4.40. The fourth-order valence-corrected chi connectivity index (χ4v) is 1.56. The van der Waals surface area contributed by atoms with Gasteiger partial charge in [0.25, 0.3) is 0 Å². The van der Waals surface area contributed by atoms with Crippen molar-refractivity contribution in [2.75, 3.05) is 0 Å². The largest absolute Gasteiger partial charge is 0.479 e. The number of carboxylic acids is 1. The average Bonchev–Trinajstić information content (AvgIpc) is 2.20. The first-order valence-corrected chi connectivity index (χ1v) is 5.60. The number of carbonyl (C=O) groups is 1. The summed E-state index contributed by atoms with van der Waals surface area (Å²) in [6.45, 7) is 1.44. The number of carboxylic acid groups (broad SMARTS) is 1. The van der Waals surface area contributed by atoms with E-state index in [1.54, 1.807) is 18.2 Å². The number of hydrogen-bond acceptors (Lipinski definition) is 3. The smallest absolute Gasteiger partial charge is 0.344 e. The van der Waals surface area contributed by atoms with Crippen LogP contribution >= 0.6 is 28.1 Å². The maximum absolute atomic E-state index is 10.7. The lowest BCUT2D eigenvalue weighted by Gasteiger charge is -2.13. The SMILES string of the molecule is CC(Oc1ccc(Br)cc1C(N)=S)C(=O)O. The van der Waals surface area contributed by atoms with Crippen LogP contribution in [0.1, 0.15) is 12.5 Å². The number of rotatable bonds is 4. The second-order valence-electron chi connectivity index (χ2n) is 3.10. The second-order valence-corrected chi connectivity index (χ2v) is 4.46. The highest BCUT2D eigenvalue weighted by molar-refractivity contribution is 9.10. The van der Waals surface area contributed by atoms with Gasteiger partial charge in [-0.3, -0.25) is 0 Å². The predicted octanol–water partition coefficient (Wildman–Crippen LogP) is 1.94. The molecule has 0 aliphatic carbocycles. The van der Waals surface area contributed by atoms with Gasteiger partial charge in [-0.15, -0.1) is 0 Å². The summed E-state index contributed by atoms with van der Waals surface area (Å²) < 4.78 is 6.03. The van der Waals surface area contributed by atoms with Gasteiger partial charge in [0.05, 0.1) is 5.56 Å². The van der Waals surface area contributed by atoms with Crippen LogP contribution in [-0.4, -0.2) is 22.2 Å². The molecule has 0 radical (unpaired) electrons. The van der Waals surface area contributed by atoms with Gasteiger partial charge in [0.1, 0.15) is 10.7 Å². The van der Waals surface area contributed by atoms with Crippen molar-refractivity contribution >= 4 is 39.1 Å². The molecular weight excluding hydrogens is 294 g/mol. The van der Waals surface area contributed by atoms with Gasteiger partial charge in [-0.2, -0.15) is 0 Å². The molecule has 0 aromatic heterocycles. The van der Waals surface area contributed by atoms with Gasteiger partial charge >= 0.3 is 5.97 Å². The molecule has 0 saturated carbocycles. The molecule has 1 rings (SSSR count). The average molecular weight is 304 g/mol. The lowest BCUT2D eigenvalue weighted by atomic mass is 10.2. The van der Waals surface area contributed by atoms with Crippen LogP contribution < -0.4 is 10.5 Å². The number of aliphatic carboxylic acids is 1. The molecule has 1 aromatic rings. The topological polar surface area (TPSA) is 72.5 Å². The number of ether oxygens (including phenoxy) is 1. The third kappa shape index (κ3) is 3.18. The zero-order valence-electron chi connectivity index (χ0n) is 8.44. The molecule has 86 valence electrons. The van der Waals surface area contributed by atoms with Gasteiger partial charge in [-0.25, -0.2) is 4.79 Å². The Kier molecular flexibility index (Phi) is 4.26. The van der Waals surface area contributed by atoms with E-state index in [9.17, 15) is 4.79 Å². The molecule has 1 atom stereocenters. The van der Waals surface area contributed by atoms with Gasteiger partial charge in [-0.05, 0) is 25.1 Å². The molecule has 0 heterocycles. The molecule has 16 heavy (non-hydrogen) atoms. The lowest BCUT2D eigenvalue weighted by molar-refractivity contribution is -0.144. The molecule has 1 aromatic carbocycles. The van der Waals surface area contributed by atoms with Crippen molar-refractivity contribution in [1.29, 1.82) is 0 Å². The van der Waals surface area contributed by atoms with E-state index in [-0.39, 0.29) is 4.99 Å². The van der Waals surface area contributed by atoms with E-state index in [0.717, 1.165) is 4.47 Å². The molecule has 3 N–H and O–H groups in total. The van der Waals surface area contributed by atoms with E-state index in [1.807, 2.05) is 0 Å². The van der Waals surface area contributed by atoms with Crippen LogP contribution in [0.5, 0.6) is 5.75 Å². The van der Waals surface area contributed by atoms with Crippen molar-refractivity contribution in [2.24, 2.45) is 5.73 Å². The van der Waals surface area contributed by atoms with Crippen molar-refractivity contribution in [1.82, 2.24) is 0 Å². The van der Waals surface area contributed by atoms with Crippen LogP contribution in [-0.2, 0) is 4.79 Å². The summed E-state index contributed by atoms with van der Waals surface area (Å²) in [4.78, 5) is 10.8. The van der Waals surface area contributed by atoms with Gasteiger partial charge in [0.2, 0.25) is 0 Å². The fraction of sp³-hybridized carbons (Fsp3) is 0.200. The van der Waals surface area contributed by atoms with Gasteiger partial charge in [-0.1, -0.05) is 28.1 Å². The summed E-state index contributed by atoms with van der Waals surface area (Å²) in [5.41, 5.74) is 6.03. The first kappa shape index (κ1) is 12.9. The highest BCUT2D eigenvalue weighted by Gasteiger charge is 2.15. The van der Waals surface area contributed by atoms with Crippen molar-refractivity contribution < 1.29 is 14.6 Å². The Morgan fingerprint density at radius 3 is 2.75 bits per heavy atom. The maximum Gasteiger partial charge on any atom is 0.344 e. The molecule has 0 spiro atoms. The van der Waals surface area contributed by atoms with Crippen LogP contribution in [0.25, 0.3) is 0 Å². The minimum Gasteiger partial charge on any atom is -0.479 e. The highest BCUT2D eigenvalue weighted by atomic mass is 79.9. The maximum atomic E-state index is 10.7. The van der Waals surface area contributed by atoms with E-state index < -0.39 is 12.1 Å². The lowest BCUT2D eigenvalue weighted by Crippen LogP contribution is -2.24. The molecule has 0 fully saturated rings. The summed E-state index contributed by atoms with van der Waals surface area (Å²) >= 11 is 8.13. The van der Waals surface area contributed by atoms with Crippen molar-refractivity contribution in [3.63, 3.8) is 0 Å². The van der Waals surface area contributed by atoms with Gasteiger partial charge < -0.3 is 15.6 Å². The third-order valence-electron chi connectivity index (χ3n) is 1.86. The summed E-state index contributed by atoms with van der Waals surface area (Å²) in [6, 6.07) is 5.04. The van der Waals surface area contributed by atoms with Crippen LogP contribution in [0, 0.1) is 0 Å². The van der Waals surface area contributed by atoms with Crippen LogP contribution in [0.2, 0.25) is 0 Å². The Labute approximate surface area is 107 Å². The molecule has 6 heteroatoms. The second kappa shape index (κ2) is 5.27. The van der Waals surface area contributed by atoms with E-state index >= 15 is 0 Å². The normalized spacial score (nSPS) is 11.9. The van der Waals surface area contributed by atoms with E-state index in [4.69, 9.17) is 27.8 Å². The van der Waals surface area contributed by atoms with Crippen molar-refractivity contribution in [2.45, 2.75) is 13.0 Å². The van der Waals surface area contributed by atoms with Crippen LogP contribution in [0.3, 0.4) is 0 Å². The number of benzene rings is 1. The third-order valence-corrected chi connectivity index (χ3v) is 2.57. The van der Waals surface area contributed by atoms with E-state index in [0.29, 0.717) is 11.3 Å². The standard InChI is InChI=1S/C10H10BrNO3S/c1-5(10(13)14)15-8-3-2-6(11)4-7(8)9(12)16/h2-5H,1H3,(H2,12,16)(H,13,14). The van der Waals surface area contributed by atoms with E-state index in [2.05, 4.69) is 15.9 Å². The van der Waals surface area contributed by atoms with Crippen LogP contribution in [0.15, 0.2) is 22.7 Å². The molecule has 0 bridgehead atoms. The summed E-state index contributed by atoms with van der Waals surface area (Å²) in [5.74, 6) is -0.678. The minimum absolute atomic E-state index is 0.161. The van der Waals surface area contributed by atoms with Crippen molar-refractivity contribution in [3.05, 3.63) is 28.2 Å². The molecule has 0 aliphatic heterocycles. The van der Waals surface area contributed by atoms with Gasteiger partial charge in [0.15, 0.2) is 6.10 Å². The first-order chi connectivity index (χ1) is 7.41. The number of nitrogens with two attached hydrogens (primary N) is 1. The zero-order chi connectivity index (χ0) is 12.3. The molecule has 4 nitrogen and oxygen atoms in total. The zero-order valence-corrected chi connectivity index (χ0v) is 10.8. The quantitative estimate of drug-likeness (QED) is 0.832. The predicted molar refractivity (Wildman–Crippen MR) is 67.8 cm³/mol. The van der Waals surface area contributed by atoms with Crippen LogP contribution in [0.4, 0.5) is 0 Å². The summed E-state index contributed by atoms with van der Waals surface area (Å²) in [5, 5.41) is 8.73. The summed E-state index contributed by atoms with van der Waals surface area (Å²) in [7, 11) is 0.